The number of nitrogens with one attached hydrogen (secondary N) is 1. The Balaban J connectivity index is 1.31. The van der Waals surface area contributed by atoms with Gasteiger partial charge in [0.25, 0.3) is 0 Å². The summed E-state index contributed by atoms with van der Waals surface area (Å²) in [6.07, 6.45) is 2.70. The third-order valence-electron chi connectivity index (χ3n) is 5.17. The minimum atomic E-state index is -0.340. The van der Waals surface area contributed by atoms with E-state index in [9.17, 15) is 9.59 Å². The highest BCUT2D eigenvalue weighted by Crippen LogP contribution is 2.24. The number of methoxy groups -OCH3 is 1. The molecule has 0 spiro atoms. The zero-order valence-corrected chi connectivity index (χ0v) is 16.2. The van der Waals surface area contributed by atoms with Crippen molar-refractivity contribution in [3.8, 4) is 5.75 Å². The highest BCUT2D eigenvalue weighted by Gasteiger charge is 2.34. The van der Waals surface area contributed by atoms with E-state index in [1.807, 2.05) is 53.1 Å². The van der Waals surface area contributed by atoms with Gasteiger partial charge in [-0.3, -0.25) is 14.0 Å². The van der Waals surface area contributed by atoms with Gasteiger partial charge in [0.1, 0.15) is 11.6 Å². The first-order valence-electron chi connectivity index (χ1n) is 9.61. The lowest BCUT2D eigenvalue weighted by molar-refractivity contribution is -0.129. The molecule has 2 amide bonds. The van der Waals surface area contributed by atoms with E-state index >= 15 is 0 Å². The minimum Gasteiger partial charge on any atom is -0.496 e. The molecule has 0 radical (unpaired) electrons. The summed E-state index contributed by atoms with van der Waals surface area (Å²) in [5.74, 6) is 1.08. The number of ether oxygens (including phenoxy) is 1. The zero-order chi connectivity index (χ0) is 20.2. The van der Waals surface area contributed by atoms with Gasteiger partial charge in [-0.05, 0) is 18.2 Å². The first-order chi connectivity index (χ1) is 14.2. The molecule has 1 N–H and O–H groups in total. The standard InChI is InChI=1S/C21H23N5O3/c1-29-17-7-3-2-6-15(17)13-25-14-16(12-20(25)27)21(28)22-10-9-19-24-23-18-8-4-5-11-26(18)19/h2-8,11,16H,9-10,12-14H2,1H3,(H,22,28)/t16-/m1/s1. The third-order valence-corrected chi connectivity index (χ3v) is 5.17. The Morgan fingerprint density at radius 1 is 1.21 bits per heavy atom. The van der Waals surface area contributed by atoms with Crippen molar-refractivity contribution in [2.45, 2.75) is 19.4 Å². The van der Waals surface area contributed by atoms with Crippen molar-refractivity contribution in [1.29, 1.82) is 0 Å². The summed E-state index contributed by atoms with van der Waals surface area (Å²) in [6.45, 7) is 1.31. The third kappa shape index (κ3) is 4.06. The molecule has 29 heavy (non-hydrogen) atoms. The van der Waals surface area contributed by atoms with Crippen LogP contribution in [0, 0.1) is 5.92 Å². The van der Waals surface area contributed by atoms with Crippen molar-refractivity contribution in [2.75, 3.05) is 20.2 Å². The molecule has 2 aromatic heterocycles. The molecule has 0 aliphatic carbocycles. The molecule has 0 saturated carbocycles. The van der Waals surface area contributed by atoms with E-state index < -0.39 is 0 Å². The van der Waals surface area contributed by atoms with Gasteiger partial charge in [-0.25, -0.2) is 0 Å². The predicted octanol–water partition coefficient (Wildman–Crippen LogP) is 1.45. The number of carbonyl (C=O) groups excluding carboxylic acids is 2. The Morgan fingerprint density at radius 3 is 2.90 bits per heavy atom. The van der Waals surface area contributed by atoms with Gasteiger partial charge in [-0.1, -0.05) is 24.3 Å². The summed E-state index contributed by atoms with van der Waals surface area (Å²) in [4.78, 5) is 26.6. The van der Waals surface area contributed by atoms with Gasteiger partial charge in [0, 0.05) is 44.2 Å². The molecule has 4 rings (SSSR count). The monoisotopic (exact) mass is 393 g/mol. The second-order valence-corrected chi connectivity index (χ2v) is 7.07. The van der Waals surface area contributed by atoms with E-state index in [0.717, 1.165) is 22.8 Å². The van der Waals surface area contributed by atoms with Crippen molar-refractivity contribution in [1.82, 2.24) is 24.8 Å². The second-order valence-electron chi connectivity index (χ2n) is 7.07. The first kappa shape index (κ1) is 18.9. The van der Waals surface area contributed by atoms with Gasteiger partial charge in [0.2, 0.25) is 11.8 Å². The van der Waals surface area contributed by atoms with Crippen LogP contribution in [0.15, 0.2) is 48.7 Å². The summed E-state index contributed by atoms with van der Waals surface area (Å²) >= 11 is 0. The number of hydrogen-bond acceptors (Lipinski definition) is 5. The summed E-state index contributed by atoms with van der Waals surface area (Å²) in [5.41, 5.74) is 1.71. The quantitative estimate of drug-likeness (QED) is 0.656. The van der Waals surface area contributed by atoms with Gasteiger partial charge in [-0.15, -0.1) is 10.2 Å². The number of hydrogen-bond donors (Lipinski definition) is 1. The number of fused-ring (bicyclic) bond motifs is 1. The highest BCUT2D eigenvalue weighted by molar-refractivity contribution is 5.89. The van der Waals surface area contributed by atoms with Crippen LogP contribution in [0.25, 0.3) is 5.65 Å². The number of aromatic nitrogens is 3. The van der Waals surface area contributed by atoms with Gasteiger partial charge < -0.3 is 15.0 Å². The number of likely N-dealkylation sites (tertiary alicyclic amines) is 1. The molecule has 8 nitrogen and oxygen atoms in total. The van der Waals surface area contributed by atoms with Crippen LogP contribution in [0.3, 0.4) is 0 Å². The van der Waals surface area contributed by atoms with Crippen LogP contribution >= 0.6 is 0 Å². The van der Waals surface area contributed by atoms with E-state index in [-0.39, 0.29) is 24.2 Å². The fourth-order valence-corrected chi connectivity index (χ4v) is 3.64. The van der Waals surface area contributed by atoms with Crippen LogP contribution in [-0.2, 0) is 22.6 Å². The molecule has 1 aromatic carbocycles. The molecule has 1 atom stereocenters. The number of benzene rings is 1. The van der Waals surface area contributed by atoms with Crippen molar-refractivity contribution in [2.24, 2.45) is 5.92 Å². The fourth-order valence-electron chi connectivity index (χ4n) is 3.64. The van der Waals surface area contributed by atoms with Crippen LogP contribution in [-0.4, -0.2) is 51.5 Å². The number of para-hydroxylation sites is 1. The molecule has 150 valence electrons. The molecule has 3 aromatic rings. The van der Waals surface area contributed by atoms with Crippen LogP contribution in [0.1, 0.15) is 17.8 Å². The SMILES string of the molecule is COc1ccccc1CN1C[C@H](C(=O)NCCc2nnc3ccccn23)CC1=O. The van der Waals surface area contributed by atoms with Gasteiger partial charge >= 0.3 is 0 Å². The van der Waals surface area contributed by atoms with E-state index in [1.165, 1.54) is 0 Å². The smallest absolute Gasteiger partial charge is 0.225 e. The Kier molecular flexibility index (Phi) is 5.41. The Morgan fingerprint density at radius 2 is 2.03 bits per heavy atom. The number of pyridine rings is 1. The van der Waals surface area contributed by atoms with E-state index in [2.05, 4.69) is 15.5 Å². The predicted molar refractivity (Wildman–Crippen MR) is 106 cm³/mol. The molecule has 8 heteroatoms. The topological polar surface area (TPSA) is 88.8 Å². The van der Waals surface area contributed by atoms with Crippen molar-refractivity contribution in [3.05, 3.63) is 60.0 Å². The second kappa shape index (κ2) is 8.30. The van der Waals surface area contributed by atoms with E-state index in [1.54, 1.807) is 12.0 Å². The minimum absolute atomic E-state index is 0.0143. The molecular weight excluding hydrogens is 370 g/mol. The molecule has 1 saturated heterocycles. The number of nitrogens with zero attached hydrogens (tertiary/aromatic N) is 4. The van der Waals surface area contributed by atoms with Gasteiger partial charge in [-0.2, -0.15) is 0 Å². The maximum absolute atomic E-state index is 12.5. The number of carbonyl (C=O) groups is 2. The van der Waals surface area contributed by atoms with Crippen molar-refractivity contribution < 1.29 is 14.3 Å². The lowest BCUT2D eigenvalue weighted by Gasteiger charge is -2.18. The Bertz CT molecular complexity index is 1030. The number of rotatable bonds is 7. The maximum Gasteiger partial charge on any atom is 0.225 e. The maximum atomic E-state index is 12.5. The average molecular weight is 393 g/mol. The summed E-state index contributed by atoms with van der Waals surface area (Å²) in [5, 5.41) is 11.2. The van der Waals surface area contributed by atoms with E-state index in [0.29, 0.717) is 26.1 Å². The molecule has 0 unspecified atom stereocenters. The van der Waals surface area contributed by atoms with Crippen molar-refractivity contribution in [3.63, 3.8) is 0 Å². The Labute approximate surface area is 168 Å². The molecule has 0 bridgehead atoms. The summed E-state index contributed by atoms with van der Waals surface area (Å²) in [7, 11) is 1.61. The molecule has 1 aliphatic heterocycles. The molecular formula is C21H23N5O3. The lowest BCUT2D eigenvalue weighted by Crippen LogP contribution is -2.34. The fraction of sp³-hybridized carbons (Fsp3) is 0.333. The lowest BCUT2D eigenvalue weighted by atomic mass is 10.1. The Hall–Kier alpha value is -3.42. The van der Waals surface area contributed by atoms with E-state index in [4.69, 9.17) is 4.74 Å². The largest absolute Gasteiger partial charge is 0.496 e. The van der Waals surface area contributed by atoms with Crippen LogP contribution in [0.5, 0.6) is 5.75 Å². The van der Waals surface area contributed by atoms with Crippen LogP contribution < -0.4 is 10.1 Å². The van der Waals surface area contributed by atoms with Crippen LogP contribution in [0.2, 0.25) is 0 Å². The van der Waals surface area contributed by atoms with Gasteiger partial charge in [0.05, 0.1) is 13.0 Å². The van der Waals surface area contributed by atoms with Gasteiger partial charge in [0.15, 0.2) is 5.65 Å². The highest BCUT2D eigenvalue weighted by atomic mass is 16.5. The molecule has 1 fully saturated rings. The normalized spacial score (nSPS) is 16.4. The zero-order valence-electron chi connectivity index (χ0n) is 16.2. The first-order valence-corrected chi connectivity index (χ1v) is 9.61. The average Bonchev–Trinajstić information content (AvgIpc) is 3.32. The van der Waals surface area contributed by atoms with Crippen molar-refractivity contribution >= 4 is 17.5 Å². The summed E-state index contributed by atoms with van der Waals surface area (Å²) < 4.78 is 7.26. The van der Waals surface area contributed by atoms with Crippen LogP contribution in [0.4, 0.5) is 0 Å². The molecule has 3 heterocycles. The molecule has 1 aliphatic rings. The number of amides is 2. The summed E-state index contributed by atoms with van der Waals surface area (Å²) in [6, 6.07) is 13.3.